The van der Waals surface area contributed by atoms with Crippen molar-refractivity contribution >= 4 is 0 Å². The minimum absolute atomic E-state index is 0.753. The van der Waals surface area contributed by atoms with E-state index >= 15 is 0 Å². The molecule has 1 heteroatoms. The molecule has 1 saturated carbocycles. The molecule has 1 rings (SSSR count). The second kappa shape index (κ2) is 6.44. The van der Waals surface area contributed by atoms with Gasteiger partial charge in [0.25, 0.3) is 0 Å². The van der Waals surface area contributed by atoms with Gasteiger partial charge in [-0.25, -0.2) is 0 Å². The van der Waals surface area contributed by atoms with Gasteiger partial charge in [0.2, 0.25) is 0 Å². The molecule has 0 radical (unpaired) electrons. The van der Waals surface area contributed by atoms with Crippen molar-refractivity contribution in [3.63, 3.8) is 0 Å². The normalized spacial score (nSPS) is 23.4. The first-order valence-electron chi connectivity index (χ1n) is 6.45. The summed E-state index contributed by atoms with van der Waals surface area (Å²) >= 11 is 0. The van der Waals surface area contributed by atoms with Gasteiger partial charge in [0.05, 0.1) is 0 Å². The maximum atomic E-state index is 3.50. The van der Waals surface area contributed by atoms with Gasteiger partial charge in [0, 0.05) is 6.04 Å². The van der Waals surface area contributed by atoms with Gasteiger partial charge in [0.1, 0.15) is 0 Å². The minimum Gasteiger partial charge on any atom is -0.317 e. The summed E-state index contributed by atoms with van der Waals surface area (Å²) in [7, 11) is 2.12. The summed E-state index contributed by atoms with van der Waals surface area (Å²) in [5.41, 5.74) is 0. The van der Waals surface area contributed by atoms with Gasteiger partial charge < -0.3 is 5.32 Å². The highest BCUT2D eigenvalue weighted by Gasteiger charge is 2.20. The molecule has 1 N–H and O–H groups in total. The van der Waals surface area contributed by atoms with E-state index in [0.29, 0.717) is 0 Å². The van der Waals surface area contributed by atoms with E-state index in [0.717, 1.165) is 17.9 Å². The summed E-state index contributed by atoms with van der Waals surface area (Å²) < 4.78 is 0. The van der Waals surface area contributed by atoms with E-state index in [1.165, 1.54) is 44.9 Å². The van der Waals surface area contributed by atoms with E-state index in [4.69, 9.17) is 0 Å². The number of hydrogen-bond acceptors (Lipinski definition) is 1. The van der Waals surface area contributed by atoms with Crippen LogP contribution in [0.4, 0.5) is 0 Å². The Morgan fingerprint density at radius 1 is 1.21 bits per heavy atom. The molecule has 0 aromatic heterocycles. The molecule has 84 valence electrons. The Labute approximate surface area is 89.7 Å². The van der Waals surface area contributed by atoms with E-state index in [2.05, 4.69) is 26.2 Å². The third-order valence-electron chi connectivity index (χ3n) is 4.01. The van der Waals surface area contributed by atoms with Crippen LogP contribution in [0.15, 0.2) is 0 Å². The summed E-state index contributed by atoms with van der Waals surface area (Å²) in [6, 6.07) is 0.753. The van der Waals surface area contributed by atoms with Crippen molar-refractivity contribution in [1.82, 2.24) is 5.32 Å². The monoisotopic (exact) mass is 197 g/mol. The van der Waals surface area contributed by atoms with Crippen LogP contribution in [0.1, 0.15) is 58.8 Å². The zero-order valence-corrected chi connectivity index (χ0v) is 10.2. The van der Waals surface area contributed by atoms with Crippen LogP contribution >= 0.6 is 0 Å². The summed E-state index contributed by atoms with van der Waals surface area (Å²) in [5, 5.41) is 3.50. The van der Waals surface area contributed by atoms with Crippen molar-refractivity contribution in [3.8, 4) is 0 Å². The Bertz CT molecular complexity index is 138. The van der Waals surface area contributed by atoms with Crippen molar-refractivity contribution in [2.45, 2.75) is 64.8 Å². The van der Waals surface area contributed by atoms with E-state index in [-0.39, 0.29) is 0 Å². The van der Waals surface area contributed by atoms with Crippen molar-refractivity contribution < 1.29 is 0 Å². The number of nitrogens with one attached hydrogen (secondary N) is 1. The molecule has 2 unspecified atom stereocenters. The third kappa shape index (κ3) is 3.61. The molecule has 14 heavy (non-hydrogen) atoms. The lowest BCUT2D eigenvalue weighted by molar-refractivity contribution is 0.262. The Morgan fingerprint density at radius 3 is 2.36 bits per heavy atom. The van der Waals surface area contributed by atoms with Crippen molar-refractivity contribution in [2.24, 2.45) is 11.8 Å². The molecule has 1 aliphatic carbocycles. The average Bonchev–Trinajstić information content (AvgIpc) is 2.26. The summed E-state index contributed by atoms with van der Waals surface area (Å²) in [4.78, 5) is 0. The van der Waals surface area contributed by atoms with Gasteiger partial charge in [-0.1, -0.05) is 52.4 Å². The van der Waals surface area contributed by atoms with Crippen molar-refractivity contribution in [3.05, 3.63) is 0 Å². The maximum Gasteiger partial charge on any atom is 0.00922 e. The molecule has 1 fully saturated rings. The number of rotatable bonds is 5. The highest BCUT2D eigenvalue weighted by Crippen LogP contribution is 2.29. The highest BCUT2D eigenvalue weighted by molar-refractivity contribution is 4.76. The molecule has 0 heterocycles. The lowest BCUT2D eigenvalue weighted by atomic mass is 9.81. The zero-order chi connectivity index (χ0) is 10.4. The van der Waals surface area contributed by atoms with Crippen LogP contribution in [0, 0.1) is 11.8 Å². The molecule has 0 saturated heterocycles. The smallest absolute Gasteiger partial charge is 0.00922 e. The summed E-state index contributed by atoms with van der Waals surface area (Å²) in [5.74, 6) is 1.84. The fourth-order valence-electron chi connectivity index (χ4n) is 2.70. The highest BCUT2D eigenvalue weighted by atomic mass is 14.9. The summed E-state index contributed by atoms with van der Waals surface area (Å²) in [6.45, 7) is 4.68. The second-order valence-corrected chi connectivity index (χ2v) is 5.02. The molecule has 1 nitrogen and oxygen atoms in total. The molecule has 0 aromatic carbocycles. The van der Waals surface area contributed by atoms with E-state index in [1.807, 2.05) is 0 Å². The standard InChI is InChI=1S/C13H27N/c1-4-11(2)13(14-3)10-12-8-6-5-7-9-12/h11-14H,4-10H2,1-3H3. The fraction of sp³-hybridized carbons (Fsp3) is 1.00. The van der Waals surface area contributed by atoms with Crippen LogP contribution in [0.2, 0.25) is 0 Å². The predicted octanol–water partition coefficient (Wildman–Crippen LogP) is 3.59. The van der Waals surface area contributed by atoms with E-state index < -0.39 is 0 Å². The van der Waals surface area contributed by atoms with E-state index in [1.54, 1.807) is 0 Å². The quantitative estimate of drug-likeness (QED) is 0.710. The van der Waals surface area contributed by atoms with Crippen LogP contribution in [-0.2, 0) is 0 Å². The van der Waals surface area contributed by atoms with Gasteiger partial charge in [-0.3, -0.25) is 0 Å². The van der Waals surface area contributed by atoms with Gasteiger partial charge in [-0.05, 0) is 25.3 Å². The van der Waals surface area contributed by atoms with Crippen LogP contribution < -0.4 is 5.32 Å². The molecular weight excluding hydrogens is 170 g/mol. The fourth-order valence-corrected chi connectivity index (χ4v) is 2.70. The van der Waals surface area contributed by atoms with Crippen molar-refractivity contribution in [2.75, 3.05) is 7.05 Å². The van der Waals surface area contributed by atoms with Gasteiger partial charge >= 0.3 is 0 Å². The Hall–Kier alpha value is -0.0400. The molecular formula is C13H27N. The minimum atomic E-state index is 0.753. The molecule has 2 atom stereocenters. The largest absolute Gasteiger partial charge is 0.317 e. The van der Waals surface area contributed by atoms with Crippen LogP contribution in [0.5, 0.6) is 0 Å². The molecule has 1 aliphatic rings. The Kier molecular flexibility index (Phi) is 5.54. The molecule has 0 bridgehead atoms. The lowest BCUT2D eigenvalue weighted by Crippen LogP contribution is -2.34. The Balaban J connectivity index is 2.30. The second-order valence-electron chi connectivity index (χ2n) is 5.02. The van der Waals surface area contributed by atoms with Gasteiger partial charge in [-0.15, -0.1) is 0 Å². The first-order chi connectivity index (χ1) is 6.77. The number of hydrogen-bond donors (Lipinski definition) is 1. The van der Waals surface area contributed by atoms with Crippen LogP contribution in [-0.4, -0.2) is 13.1 Å². The zero-order valence-electron chi connectivity index (χ0n) is 10.2. The molecule has 0 spiro atoms. The summed E-state index contributed by atoms with van der Waals surface area (Å²) in [6.07, 6.45) is 10.1. The predicted molar refractivity (Wildman–Crippen MR) is 63.5 cm³/mol. The first-order valence-corrected chi connectivity index (χ1v) is 6.45. The molecule has 0 aromatic rings. The van der Waals surface area contributed by atoms with Crippen molar-refractivity contribution in [1.29, 1.82) is 0 Å². The molecule has 0 aliphatic heterocycles. The lowest BCUT2D eigenvalue weighted by Gasteiger charge is -2.29. The third-order valence-corrected chi connectivity index (χ3v) is 4.01. The first kappa shape index (κ1) is 12.0. The molecule has 0 amide bonds. The van der Waals surface area contributed by atoms with Gasteiger partial charge in [0.15, 0.2) is 0 Å². The van der Waals surface area contributed by atoms with Crippen LogP contribution in [0.3, 0.4) is 0 Å². The maximum absolute atomic E-state index is 3.50. The average molecular weight is 197 g/mol. The SMILES string of the molecule is CCC(C)C(CC1CCCCC1)NC. The Morgan fingerprint density at radius 2 is 1.86 bits per heavy atom. The van der Waals surface area contributed by atoms with Gasteiger partial charge in [-0.2, -0.15) is 0 Å². The topological polar surface area (TPSA) is 12.0 Å². The van der Waals surface area contributed by atoms with E-state index in [9.17, 15) is 0 Å². The van der Waals surface area contributed by atoms with Crippen LogP contribution in [0.25, 0.3) is 0 Å².